The maximum Gasteiger partial charge on any atom is 0.339 e. The van der Waals surface area contributed by atoms with Gasteiger partial charge in [0.15, 0.2) is 6.10 Å². The number of amides is 1. The van der Waals surface area contributed by atoms with E-state index in [1.165, 1.54) is 19.1 Å². The lowest BCUT2D eigenvalue weighted by atomic mass is 10.1. The van der Waals surface area contributed by atoms with Crippen LogP contribution in [0.1, 0.15) is 17.3 Å². The number of hydrogen-bond acceptors (Lipinski definition) is 6. The van der Waals surface area contributed by atoms with Crippen LogP contribution in [0.2, 0.25) is 0 Å². The smallest absolute Gasteiger partial charge is 0.339 e. The van der Waals surface area contributed by atoms with Crippen molar-refractivity contribution in [2.45, 2.75) is 13.0 Å². The fraction of sp³-hybridized carbons (Fsp3) is 0.125. The molecule has 0 aliphatic rings. The highest BCUT2D eigenvalue weighted by molar-refractivity contribution is 5.93. The van der Waals surface area contributed by atoms with Gasteiger partial charge in [0.1, 0.15) is 5.69 Å². The minimum Gasteiger partial charge on any atom is -0.449 e. The molecule has 0 bridgehead atoms. The molecule has 0 heterocycles. The Labute approximate surface area is 137 Å². The number of ether oxygens (including phenoxy) is 1. The molecule has 1 amide bonds. The maximum absolute atomic E-state index is 11.9. The molecule has 24 heavy (non-hydrogen) atoms. The van der Waals surface area contributed by atoms with Gasteiger partial charge >= 0.3 is 5.97 Å². The van der Waals surface area contributed by atoms with Gasteiger partial charge in [-0.2, -0.15) is 0 Å². The van der Waals surface area contributed by atoms with Crippen molar-refractivity contribution in [2.75, 3.05) is 5.32 Å². The maximum atomic E-state index is 11.9. The van der Waals surface area contributed by atoms with Gasteiger partial charge in [0, 0.05) is 11.8 Å². The Balaban J connectivity index is 2.28. The number of hydrogen-bond donors (Lipinski definition) is 2. The summed E-state index contributed by atoms with van der Waals surface area (Å²) in [4.78, 5) is 33.5. The van der Waals surface area contributed by atoms with Crippen LogP contribution in [-0.4, -0.2) is 22.9 Å². The molecule has 0 unspecified atom stereocenters. The number of carbonyl (C=O) groups is 2. The minimum atomic E-state index is -1.13. The van der Waals surface area contributed by atoms with Crippen LogP contribution in [0.5, 0.6) is 0 Å². The molecule has 1 atom stereocenters. The standard InChI is InChI=1S/C16H15N3O5/c1-10(15(17)20)24-16(21)11-7-8-13(14(9-11)19(22)23)18-12-5-3-2-4-6-12/h2-10,18H,1H3,(H2,17,20)/t10-/m0/s1. The van der Waals surface area contributed by atoms with Crippen molar-refractivity contribution in [3.05, 3.63) is 64.2 Å². The van der Waals surface area contributed by atoms with E-state index in [4.69, 9.17) is 10.5 Å². The Morgan fingerprint density at radius 2 is 1.88 bits per heavy atom. The molecule has 0 fully saturated rings. The number of carbonyl (C=O) groups excluding carboxylic acids is 2. The van der Waals surface area contributed by atoms with Gasteiger partial charge in [0.2, 0.25) is 0 Å². The zero-order valence-electron chi connectivity index (χ0n) is 12.8. The van der Waals surface area contributed by atoms with Crippen molar-refractivity contribution < 1.29 is 19.2 Å². The molecule has 0 saturated carbocycles. The Bertz CT molecular complexity index is 777. The van der Waals surface area contributed by atoms with E-state index in [1.807, 2.05) is 6.07 Å². The van der Waals surface area contributed by atoms with Crippen LogP contribution in [0.4, 0.5) is 17.1 Å². The fourth-order valence-electron chi connectivity index (χ4n) is 1.88. The summed E-state index contributed by atoms with van der Waals surface area (Å²) in [6.07, 6.45) is -1.13. The lowest BCUT2D eigenvalue weighted by molar-refractivity contribution is -0.383. The summed E-state index contributed by atoms with van der Waals surface area (Å²) in [5.41, 5.74) is 5.57. The predicted octanol–water partition coefficient (Wildman–Crippen LogP) is 2.37. The van der Waals surface area contributed by atoms with Gasteiger partial charge in [-0.3, -0.25) is 14.9 Å². The van der Waals surface area contributed by atoms with Crippen LogP contribution < -0.4 is 11.1 Å². The van der Waals surface area contributed by atoms with Crippen molar-refractivity contribution in [2.24, 2.45) is 5.73 Å². The molecule has 0 aliphatic heterocycles. The van der Waals surface area contributed by atoms with E-state index in [0.717, 1.165) is 6.07 Å². The van der Waals surface area contributed by atoms with Gasteiger partial charge in [0.05, 0.1) is 10.5 Å². The Morgan fingerprint density at radius 3 is 2.46 bits per heavy atom. The molecule has 2 aromatic rings. The topological polar surface area (TPSA) is 125 Å². The number of nitrogens with two attached hydrogens (primary N) is 1. The molecule has 0 aromatic heterocycles. The van der Waals surface area contributed by atoms with E-state index in [-0.39, 0.29) is 16.9 Å². The lowest BCUT2D eigenvalue weighted by Crippen LogP contribution is -2.30. The van der Waals surface area contributed by atoms with Gasteiger partial charge in [-0.15, -0.1) is 0 Å². The number of nitrogens with one attached hydrogen (secondary N) is 1. The second-order valence-electron chi connectivity index (χ2n) is 4.93. The summed E-state index contributed by atoms with van der Waals surface area (Å²) in [6, 6.07) is 12.7. The van der Waals surface area contributed by atoms with Crippen LogP contribution >= 0.6 is 0 Å². The first kappa shape index (κ1) is 16.9. The monoisotopic (exact) mass is 329 g/mol. The molecule has 0 radical (unpaired) electrons. The first-order chi connectivity index (χ1) is 11.4. The summed E-state index contributed by atoms with van der Waals surface area (Å²) in [6.45, 7) is 1.32. The van der Waals surface area contributed by atoms with Gasteiger partial charge in [-0.05, 0) is 31.2 Å². The van der Waals surface area contributed by atoms with Crippen molar-refractivity contribution in [1.29, 1.82) is 0 Å². The average molecular weight is 329 g/mol. The fourth-order valence-corrected chi connectivity index (χ4v) is 1.88. The highest BCUT2D eigenvalue weighted by Gasteiger charge is 2.21. The van der Waals surface area contributed by atoms with Crippen molar-refractivity contribution >= 4 is 28.9 Å². The zero-order chi connectivity index (χ0) is 17.7. The van der Waals surface area contributed by atoms with Crippen LogP contribution in [0.3, 0.4) is 0 Å². The molecular weight excluding hydrogens is 314 g/mol. The average Bonchev–Trinajstić information content (AvgIpc) is 2.55. The molecule has 3 N–H and O–H groups in total. The molecule has 8 nitrogen and oxygen atoms in total. The van der Waals surface area contributed by atoms with Crippen molar-refractivity contribution in [1.82, 2.24) is 0 Å². The number of nitrogens with zero attached hydrogens (tertiary/aromatic N) is 1. The van der Waals surface area contributed by atoms with Crippen LogP contribution in [0.25, 0.3) is 0 Å². The molecule has 2 aromatic carbocycles. The first-order valence-electron chi connectivity index (χ1n) is 6.99. The molecule has 124 valence electrons. The summed E-state index contributed by atoms with van der Waals surface area (Å²) in [5, 5.41) is 14.2. The minimum absolute atomic E-state index is 0.0478. The van der Waals surface area contributed by atoms with Crippen LogP contribution in [0, 0.1) is 10.1 Å². The third kappa shape index (κ3) is 4.07. The molecule has 0 aliphatic carbocycles. The zero-order valence-corrected chi connectivity index (χ0v) is 12.8. The SMILES string of the molecule is C[C@H](OC(=O)c1ccc(Nc2ccccc2)c([N+](=O)[O-])c1)C(N)=O. The van der Waals surface area contributed by atoms with Crippen molar-refractivity contribution in [3.63, 3.8) is 0 Å². The van der Waals surface area contributed by atoms with E-state index in [2.05, 4.69) is 5.32 Å². The number of benzene rings is 2. The highest BCUT2D eigenvalue weighted by Crippen LogP contribution is 2.29. The first-order valence-corrected chi connectivity index (χ1v) is 6.99. The number of anilines is 2. The van der Waals surface area contributed by atoms with E-state index in [1.54, 1.807) is 24.3 Å². The second kappa shape index (κ2) is 7.23. The number of nitro benzene ring substituents is 1. The van der Waals surface area contributed by atoms with E-state index in [9.17, 15) is 19.7 Å². The molecule has 0 saturated heterocycles. The highest BCUT2D eigenvalue weighted by atomic mass is 16.6. The quantitative estimate of drug-likeness (QED) is 0.476. The number of para-hydroxylation sites is 1. The summed E-state index contributed by atoms with van der Waals surface area (Å²) < 4.78 is 4.83. The Hall–Kier alpha value is -3.42. The Morgan fingerprint density at radius 1 is 1.21 bits per heavy atom. The molecule has 2 rings (SSSR count). The molecule has 8 heteroatoms. The Kier molecular flexibility index (Phi) is 5.10. The molecule has 0 spiro atoms. The number of nitro groups is 1. The van der Waals surface area contributed by atoms with Gasteiger partial charge in [0.25, 0.3) is 11.6 Å². The molecular formula is C16H15N3O5. The number of rotatable bonds is 6. The largest absolute Gasteiger partial charge is 0.449 e. The van der Waals surface area contributed by atoms with Gasteiger partial charge in [-0.1, -0.05) is 18.2 Å². The number of esters is 1. The van der Waals surface area contributed by atoms with Crippen LogP contribution in [-0.2, 0) is 9.53 Å². The van der Waals surface area contributed by atoms with Crippen molar-refractivity contribution in [3.8, 4) is 0 Å². The van der Waals surface area contributed by atoms with Crippen LogP contribution in [0.15, 0.2) is 48.5 Å². The van der Waals surface area contributed by atoms with E-state index < -0.39 is 22.9 Å². The normalized spacial score (nSPS) is 11.4. The second-order valence-corrected chi connectivity index (χ2v) is 4.93. The van der Waals surface area contributed by atoms with E-state index in [0.29, 0.717) is 5.69 Å². The summed E-state index contributed by atoms with van der Waals surface area (Å²) >= 11 is 0. The summed E-state index contributed by atoms with van der Waals surface area (Å²) in [7, 11) is 0. The van der Waals surface area contributed by atoms with E-state index >= 15 is 0 Å². The van der Waals surface area contributed by atoms with Gasteiger partial charge in [-0.25, -0.2) is 4.79 Å². The van der Waals surface area contributed by atoms with Gasteiger partial charge < -0.3 is 15.8 Å². The summed E-state index contributed by atoms with van der Waals surface area (Å²) in [5.74, 6) is -1.67. The third-order valence-corrected chi connectivity index (χ3v) is 3.17. The predicted molar refractivity (Wildman–Crippen MR) is 86.9 cm³/mol. The third-order valence-electron chi connectivity index (χ3n) is 3.17. The number of primary amides is 1. The lowest BCUT2D eigenvalue weighted by Gasteiger charge is -2.11.